The molecule has 0 amide bonds. The van der Waals surface area contributed by atoms with Crippen LogP contribution in [0.4, 0.5) is 0 Å². The zero-order valence-corrected chi connectivity index (χ0v) is 12.4. The molecule has 0 N–H and O–H groups in total. The number of nitrogens with zero attached hydrogens (tertiary/aromatic N) is 1. The van der Waals surface area contributed by atoms with Gasteiger partial charge in [-0.15, -0.1) is 0 Å². The van der Waals surface area contributed by atoms with Gasteiger partial charge in [-0.3, -0.25) is 4.90 Å². The van der Waals surface area contributed by atoms with Crippen molar-refractivity contribution in [1.29, 1.82) is 0 Å². The fourth-order valence-corrected chi connectivity index (χ4v) is 2.58. The predicted octanol–water partition coefficient (Wildman–Crippen LogP) is 3.46. The Hall–Kier alpha value is -2.08. The third-order valence-corrected chi connectivity index (χ3v) is 3.97. The van der Waals surface area contributed by atoms with E-state index in [2.05, 4.69) is 42.8 Å². The lowest BCUT2D eigenvalue weighted by Crippen LogP contribution is -2.30. The van der Waals surface area contributed by atoms with Crippen LogP contribution in [0.5, 0.6) is 0 Å². The number of benzene rings is 2. The van der Waals surface area contributed by atoms with Crippen LogP contribution in [-0.2, 0) is 4.74 Å². The monoisotopic (exact) mass is 277 g/mol. The zero-order valence-electron chi connectivity index (χ0n) is 12.4. The summed E-state index contributed by atoms with van der Waals surface area (Å²) in [5.74, 6) is 6.42. The van der Waals surface area contributed by atoms with Crippen molar-refractivity contribution in [2.24, 2.45) is 0 Å². The summed E-state index contributed by atoms with van der Waals surface area (Å²) in [6.45, 7) is 2.18. The molecule has 0 spiro atoms. The van der Waals surface area contributed by atoms with Gasteiger partial charge in [0.05, 0.1) is 0 Å². The first-order valence-corrected chi connectivity index (χ1v) is 7.24. The van der Waals surface area contributed by atoms with Crippen LogP contribution in [0.2, 0.25) is 0 Å². The average molecular weight is 277 g/mol. The molecular weight excluding hydrogens is 258 g/mol. The van der Waals surface area contributed by atoms with E-state index < -0.39 is 0 Å². The molecule has 3 atom stereocenters. The Morgan fingerprint density at radius 1 is 0.952 bits per heavy atom. The standard InChI is InChI=1S/C19H19NO/c1-15-19(17-11-7-4-8-12-17)21-18(20(15)2)14-13-16-9-5-3-6-10-16/h3-12,15,18-19H,1-2H3/t15-,18+,19+/m1/s1. The highest BCUT2D eigenvalue weighted by molar-refractivity contribution is 5.35. The number of rotatable bonds is 1. The molecule has 0 saturated carbocycles. The van der Waals surface area contributed by atoms with E-state index in [9.17, 15) is 0 Å². The quantitative estimate of drug-likeness (QED) is 0.740. The van der Waals surface area contributed by atoms with E-state index in [0.29, 0.717) is 6.04 Å². The Labute approximate surface area is 126 Å². The molecular formula is C19H19NO. The summed E-state index contributed by atoms with van der Waals surface area (Å²) in [5.41, 5.74) is 2.23. The highest BCUT2D eigenvalue weighted by Crippen LogP contribution is 2.33. The smallest absolute Gasteiger partial charge is 0.175 e. The van der Waals surface area contributed by atoms with Crippen molar-refractivity contribution >= 4 is 0 Å². The molecule has 0 radical (unpaired) electrons. The van der Waals surface area contributed by atoms with Crippen LogP contribution in [0, 0.1) is 11.8 Å². The normalized spacial score (nSPS) is 25.3. The van der Waals surface area contributed by atoms with Gasteiger partial charge in [0.2, 0.25) is 0 Å². The highest BCUT2D eigenvalue weighted by atomic mass is 16.5. The molecule has 0 unspecified atom stereocenters. The molecule has 1 saturated heterocycles. The molecule has 1 heterocycles. The first-order valence-electron chi connectivity index (χ1n) is 7.24. The summed E-state index contributed by atoms with van der Waals surface area (Å²) < 4.78 is 6.15. The van der Waals surface area contributed by atoms with Gasteiger partial charge in [0.25, 0.3) is 0 Å². The lowest BCUT2D eigenvalue weighted by atomic mass is 10.0. The number of hydrogen-bond donors (Lipinski definition) is 0. The molecule has 2 nitrogen and oxygen atoms in total. The summed E-state index contributed by atoms with van der Waals surface area (Å²) in [5, 5.41) is 0. The van der Waals surface area contributed by atoms with Gasteiger partial charge >= 0.3 is 0 Å². The van der Waals surface area contributed by atoms with Crippen molar-refractivity contribution in [1.82, 2.24) is 4.90 Å². The fourth-order valence-electron chi connectivity index (χ4n) is 2.58. The van der Waals surface area contributed by atoms with Crippen molar-refractivity contribution in [2.75, 3.05) is 7.05 Å². The second-order valence-electron chi connectivity index (χ2n) is 5.36. The van der Waals surface area contributed by atoms with Crippen molar-refractivity contribution in [3.05, 3.63) is 71.8 Å². The Morgan fingerprint density at radius 2 is 1.57 bits per heavy atom. The van der Waals surface area contributed by atoms with E-state index in [4.69, 9.17) is 4.74 Å². The van der Waals surface area contributed by atoms with E-state index in [1.807, 2.05) is 48.5 Å². The Balaban J connectivity index is 1.78. The third kappa shape index (κ3) is 3.00. The summed E-state index contributed by atoms with van der Waals surface area (Å²) in [7, 11) is 2.07. The number of hydrogen-bond acceptors (Lipinski definition) is 2. The summed E-state index contributed by atoms with van der Waals surface area (Å²) in [6.07, 6.45) is -0.0864. The highest BCUT2D eigenvalue weighted by Gasteiger charge is 2.36. The maximum absolute atomic E-state index is 6.15. The summed E-state index contributed by atoms with van der Waals surface area (Å²) in [4.78, 5) is 2.19. The lowest BCUT2D eigenvalue weighted by Gasteiger charge is -2.18. The SMILES string of the molecule is C[C@@H]1[C@@H](c2ccccc2)O[C@@H](C#Cc2ccccc2)N1C. The van der Waals surface area contributed by atoms with Crippen LogP contribution in [0.3, 0.4) is 0 Å². The number of likely N-dealkylation sites (N-methyl/N-ethyl adjacent to an activating group) is 1. The fraction of sp³-hybridized carbons (Fsp3) is 0.263. The van der Waals surface area contributed by atoms with Crippen LogP contribution < -0.4 is 0 Å². The van der Waals surface area contributed by atoms with Gasteiger partial charge in [-0.25, -0.2) is 0 Å². The van der Waals surface area contributed by atoms with Gasteiger partial charge in [0.1, 0.15) is 6.10 Å². The second kappa shape index (κ2) is 6.13. The van der Waals surface area contributed by atoms with Gasteiger partial charge in [0.15, 0.2) is 6.23 Å². The molecule has 1 aliphatic rings. The number of ether oxygens (including phenoxy) is 1. The predicted molar refractivity (Wildman–Crippen MR) is 84.6 cm³/mol. The maximum atomic E-state index is 6.15. The Bertz CT molecular complexity index is 642. The molecule has 0 aromatic heterocycles. The summed E-state index contributed by atoms with van der Waals surface area (Å²) in [6, 6.07) is 20.7. The van der Waals surface area contributed by atoms with Crippen LogP contribution >= 0.6 is 0 Å². The molecule has 3 rings (SSSR count). The summed E-state index contributed by atoms with van der Waals surface area (Å²) >= 11 is 0. The van der Waals surface area contributed by atoms with E-state index >= 15 is 0 Å². The van der Waals surface area contributed by atoms with Gasteiger partial charge in [-0.05, 0) is 37.6 Å². The molecule has 2 aromatic rings. The molecule has 1 aliphatic heterocycles. The van der Waals surface area contributed by atoms with E-state index in [-0.39, 0.29) is 12.3 Å². The van der Waals surface area contributed by atoms with Gasteiger partial charge in [-0.2, -0.15) is 0 Å². The third-order valence-electron chi connectivity index (χ3n) is 3.97. The topological polar surface area (TPSA) is 12.5 Å². The average Bonchev–Trinajstić information content (AvgIpc) is 2.83. The molecule has 0 aliphatic carbocycles. The van der Waals surface area contributed by atoms with Crippen molar-refractivity contribution in [2.45, 2.75) is 25.3 Å². The first kappa shape index (κ1) is 13.9. The van der Waals surface area contributed by atoms with Gasteiger partial charge in [-0.1, -0.05) is 54.5 Å². The molecule has 0 bridgehead atoms. The Kier molecular flexibility index (Phi) is 4.06. The molecule has 2 aromatic carbocycles. The van der Waals surface area contributed by atoms with Gasteiger partial charge in [0, 0.05) is 11.6 Å². The molecule has 106 valence electrons. The van der Waals surface area contributed by atoms with E-state index in [1.165, 1.54) is 5.56 Å². The molecule has 1 fully saturated rings. The largest absolute Gasteiger partial charge is 0.342 e. The van der Waals surface area contributed by atoms with Crippen LogP contribution in [0.25, 0.3) is 0 Å². The van der Waals surface area contributed by atoms with E-state index in [0.717, 1.165) is 5.56 Å². The van der Waals surface area contributed by atoms with Crippen LogP contribution in [0.1, 0.15) is 24.2 Å². The molecule has 21 heavy (non-hydrogen) atoms. The van der Waals surface area contributed by atoms with Crippen molar-refractivity contribution < 1.29 is 4.74 Å². The van der Waals surface area contributed by atoms with E-state index in [1.54, 1.807) is 0 Å². The second-order valence-corrected chi connectivity index (χ2v) is 5.36. The maximum Gasteiger partial charge on any atom is 0.175 e. The zero-order chi connectivity index (χ0) is 14.7. The Morgan fingerprint density at radius 3 is 2.24 bits per heavy atom. The molecule has 2 heteroatoms. The van der Waals surface area contributed by atoms with Gasteiger partial charge < -0.3 is 4.74 Å². The van der Waals surface area contributed by atoms with Crippen molar-refractivity contribution in [3.8, 4) is 11.8 Å². The minimum Gasteiger partial charge on any atom is -0.342 e. The minimum atomic E-state index is -0.162. The van der Waals surface area contributed by atoms with Crippen LogP contribution in [0.15, 0.2) is 60.7 Å². The van der Waals surface area contributed by atoms with Crippen molar-refractivity contribution in [3.63, 3.8) is 0 Å². The van der Waals surface area contributed by atoms with Crippen LogP contribution in [-0.4, -0.2) is 24.2 Å². The lowest BCUT2D eigenvalue weighted by molar-refractivity contribution is 0.0471. The minimum absolute atomic E-state index is 0.0753. The first-order chi connectivity index (χ1) is 10.3.